The number of fused-ring (bicyclic) bond motifs is 1. The zero-order valence-corrected chi connectivity index (χ0v) is 17.9. The Bertz CT molecular complexity index is 1280. The average Bonchev–Trinajstić information content (AvgIpc) is 3.20. The summed E-state index contributed by atoms with van der Waals surface area (Å²) in [6.07, 6.45) is 0. The summed E-state index contributed by atoms with van der Waals surface area (Å²) >= 11 is 0. The number of halogens is 2. The molecule has 1 aromatic heterocycles. The van der Waals surface area contributed by atoms with Crippen LogP contribution in [0.1, 0.15) is 5.56 Å². The lowest BCUT2D eigenvalue weighted by Gasteiger charge is -2.35. The molecule has 6 nitrogen and oxygen atoms in total. The molecule has 2 heterocycles. The molecule has 1 N–H and O–H groups in total. The van der Waals surface area contributed by atoms with Gasteiger partial charge in [-0.2, -0.15) is 0 Å². The van der Waals surface area contributed by atoms with Crippen molar-refractivity contribution in [2.75, 3.05) is 36.4 Å². The van der Waals surface area contributed by atoms with Crippen molar-refractivity contribution in [3.63, 3.8) is 0 Å². The van der Waals surface area contributed by atoms with Gasteiger partial charge in [-0.05, 0) is 29.8 Å². The van der Waals surface area contributed by atoms with Crippen molar-refractivity contribution in [1.82, 2.24) is 14.5 Å². The van der Waals surface area contributed by atoms with Crippen LogP contribution in [-0.2, 0) is 6.54 Å². The largest absolute Gasteiger partial charge is 0.339 e. The smallest absolute Gasteiger partial charge is 0.322 e. The number of urea groups is 1. The Hall–Kier alpha value is -3.94. The zero-order chi connectivity index (χ0) is 22.8. The molecule has 8 heteroatoms. The molecule has 0 unspecified atom stereocenters. The van der Waals surface area contributed by atoms with Crippen LogP contribution < -0.4 is 10.2 Å². The summed E-state index contributed by atoms with van der Waals surface area (Å²) in [5.74, 6) is -0.612. The number of rotatable bonds is 4. The number of aromatic nitrogens is 2. The van der Waals surface area contributed by atoms with Gasteiger partial charge in [-0.15, -0.1) is 0 Å². The topological polar surface area (TPSA) is 53.4 Å². The summed E-state index contributed by atoms with van der Waals surface area (Å²) in [5, 5.41) is 2.53. The van der Waals surface area contributed by atoms with Crippen LogP contribution >= 0.6 is 0 Å². The molecule has 1 aliphatic rings. The molecule has 0 saturated carbocycles. The molecular formula is C25H23F2N5O. The van der Waals surface area contributed by atoms with Crippen molar-refractivity contribution >= 4 is 28.7 Å². The Morgan fingerprint density at radius 3 is 2.39 bits per heavy atom. The molecular weight excluding hydrogens is 424 g/mol. The van der Waals surface area contributed by atoms with Crippen LogP contribution in [0.25, 0.3) is 11.0 Å². The first-order chi connectivity index (χ1) is 16.1. The Morgan fingerprint density at radius 2 is 1.64 bits per heavy atom. The summed E-state index contributed by atoms with van der Waals surface area (Å²) in [4.78, 5) is 21.3. The molecule has 0 bridgehead atoms. The maximum absolute atomic E-state index is 13.9. The molecule has 1 aliphatic heterocycles. The van der Waals surface area contributed by atoms with E-state index in [4.69, 9.17) is 4.98 Å². The molecule has 1 saturated heterocycles. The van der Waals surface area contributed by atoms with Gasteiger partial charge in [0.2, 0.25) is 5.95 Å². The van der Waals surface area contributed by atoms with Gasteiger partial charge in [0.1, 0.15) is 11.6 Å². The second kappa shape index (κ2) is 8.90. The number of amides is 2. The van der Waals surface area contributed by atoms with Crippen LogP contribution in [0.5, 0.6) is 0 Å². The van der Waals surface area contributed by atoms with Crippen LogP contribution in [0.2, 0.25) is 0 Å². The van der Waals surface area contributed by atoms with Gasteiger partial charge >= 0.3 is 6.03 Å². The summed E-state index contributed by atoms with van der Waals surface area (Å²) in [5.41, 5.74) is 3.13. The first kappa shape index (κ1) is 20.9. The average molecular weight is 447 g/mol. The summed E-state index contributed by atoms with van der Waals surface area (Å²) in [7, 11) is 0. The fraction of sp³-hybridized carbons (Fsp3) is 0.200. The van der Waals surface area contributed by atoms with Gasteiger partial charge in [0, 0.05) is 32.2 Å². The van der Waals surface area contributed by atoms with E-state index < -0.39 is 17.7 Å². The van der Waals surface area contributed by atoms with E-state index in [1.807, 2.05) is 36.4 Å². The fourth-order valence-electron chi connectivity index (χ4n) is 4.12. The van der Waals surface area contributed by atoms with E-state index in [9.17, 15) is 13.6 Å². The van der Waals surface area contributed by atoms with Crippen LogP contribution in [-0.4, -0.2) is 46.7 Å². The Morgan fingerprint density at radius 1 is 0.909 bits per heavy atom. The van der Waals surface area contributed by atoms with Crippen LogP contribution in [0.3, 0.4) is 0 Å². The molecule has 0 aliphatic carbocycles. The predicted octanol–water partition coefficient (Wildman–Crippen LogP) is 4.72. The number of imidazole rings is 1. The zero-order valence-electron chi connectivity index (χ0n) is 17.9. The number of anilines is 2. The minimum atomic E-state index is -0.795. The van der Waals surface area contributed by atoms with Gasteiger partial charge < -0.3 is 19.7 Å². The van der Waals surface area contributed by atoms with Crippen LogP contribution in [0, 0.1) is 11.6 Å². The first-order valence-electron chi connectivity index (χ1n) is 10.8. The van der Waals surface area contributed by atoms with E-state index in [0.717, 1.165) is 29.1 Å². The van der Waals surface area contributed by atoms with E-state index in [1.165, 1.54) is 11.6 Å². The van der Waals surface area contributed by atoms with Crippen LogP contribution in [0.4, 0.5) is 25.2 Å². The quantitative estimate of drug-likeness (QED) is 0.493. The highest BCUT2D eigenvalue weighted by molar-refractivity contribution is 5.89. The van der Waals surface area contributed by atoms with E-state index in [2.05, 4.69) is 33.0 Å². The van der Waals surface area contributed by atoms with E-state index in [1.54, 1.807) is 4.90 Å². The van der Waals surface area contributed by atoms with Crippen molar-refractivity contribution in [3.8, 4) is 0 Å². The lowest BCUT2D eigenvalue weighted by Crippen LogP contribution is -2.50. The van der Waals surface area contributed by atoms with Crippen LogP contribution in [0.15, 0.2) is 72.8 Å². The molecule has 5 rings (SSSR count). The highest BCUT2D eigenvalue weighted by Gasteiger charge is 2.25. The molecule has 0 spiro atoms. The highest BCUT2D eigenvalue weighted by atomic mass is 19.1. The van der Waals surface area contributed by atoms with Gasteiger partial charge in [0.15, 0.2) is 0 Å². The first-order valence-corrected chi connectivity index (χ1v) is 10.8. The molecule has 3 aromatic carbocycles. The molecule has 4 aromatic rings. The number of carbonyl (C=O) groups excluding carboxylic acids is 1. The third-order valence-corrected chi connectivity index (χ3v) is 5.84. The monoisotopic (exact) mass is 447 g/mol. The maximum atomic E-state index is 13.9. The van der Waals surface area contributed by atoms with Gasteiger partial charge in [0.25, 0.3) is 0 Å². The van der Waals surface area contributed by atoms with Crippen molar-refractivity contribution in [2.24, 2.45) is 0 Å². The Balaban J connectivity index is 1.32. The summed E-state index contributed by atoms with van der Waals surface area (Å²) in [6, 6.07) is 21.0. The Labute approximate surface area is 190 Å². The molecule has 1 fully saturated rings. The third kappa shape index (κ3) is 4.37. The fourth-order valence-corrected chi connectivity index (χ4v) is 4.12. The number of nitrogens with one attached hydrogen (secondary N) is 1. The second-order valence-corrected chi connectivity index (χ2v) is 8.00. The standard InChI is InChI=1S/C25H23F2N5O/c26-19-10-11-21(20(27)16-19)29-25(33)31-14-12-30(13-15-31)24-28-22-8-4-5-9-23(22)32(24)17-18-6-2-1-3-7-18/h1-11,16H,12-15,17H2,(H,29,33). The number of benzene rings is 3. The molecule has 2 amide bonds. The number of para-hydroxylation sites is 2. The van der Waals surface area contributed by atoms with Gasteiger partial charge in [-0.1, -0.05) is 42.5 Å². The van der Waals surface area contributed by atoms with Crippen molar-refractivity contribution in [3.05, 3.63) is 90.0 Å². The normalized spacial score (nSPS) is 14.0. The van der Waals surface area contributed by atoms with E-state index in [-0.39, 0.29) is 5.69 Å². The second-order valence-electron chi connectivity index (χ2n) is 8.00. The molecule has 33 heavy (non-hydrogen) atoms. The van der Waals surface area contributed by atoms with Crippen molar-refractivity contribution in [1.29, 1.82) is 0 Å². The predicted molar refractivity (Wildman–Crippen MR) is 124 cm³/mol. The minimum absolute atomic E-state index is 0.0338. The minimum Gasteiger partial charge on any atom is -0.339 e. The Kier molecular flexibility index (Phi) is 5.64. The number of hydrogen-bond acceptors (Lipinski definition) is 3. The lowest BCUT2D eigenvalue weighted by molar-refractivity contribution is 0.207. The third-order valence-electron chi connectivity index (χ3n) is 5.84. The number of hydrogen-bond donors (Lipinski definition) is 1. The molecule has 0 radical (unpaired) electrons. The number of carbonyl (C=O) groups is 1. The van der Waals surface area contributed by atoms with Gasteiger partial charge in [0.05, 0.1) is 23.3 Å². The maximum Gasteiger partial charge on any atom is 0.322 e. The van der Waals surface area contributed by atoms with Crippen molar-refractivity contribution < 1.29 is 13.6 Å². The summed E-state index contributed by atoms with van der Waals surface area (Å²) in [6.45, 7) is 2.81. The van der Waals surface area contributed by atoms with E-state index in [0.29, 0.717) is 32.7 Å². The van der Waals surface area contributed by atoms with Gasteiger partial charge in [-0.3, -0.25) is 0 Å². The number of nitrogens with zero attached hydrogens (tertiary/aromatic N) is 4. The molecule has 0 atom stereocenters. The SMILES string of the molecule is O=C(Nc1ccc(F)cc1F)N1CCN(c2nc3ccccc3n2Cc2ccccc2)CC1. The van der Waals surface area contributed by atoms with Gasteiger partial charge in [-0.25, -0.2) is 18.6 Å². The van der Waals surface area contributed by atoms with Crippen molar-refractivity contribution in [2.45, 2.75) is 6.54 Å². The number of piperazine rings is 1. The lowest BCUT2D eigenvalue weighted by atomic mass is 10.2. The highest BCUT2D eigenvalue weighted by Crippen LogP contribution is 2.25. The molecule has 168 valence electrons. The van der Waals surface area contributed by atoms with E-state index >= 15 is 0 Å². The summed E-state index contributed by atoms with van der Waals surface area (Å²) < 4.78 is 29.2.